The van der Waals surface area contributed by atoms with Gasteiger partial charge in [-0.1, -0.05) is 50.1 Å². The molecule has 0 aliphatic carbocycles. The number of rotatable bonds is 9. The molecule has 1 unspecified atom stereocenters. The highest BCUT2D eigenvalue weighted by molar-refractivity contribution is 6.32. The molecule has 0 spiro atoms. The Bertz CT molecular complexity index is 1500. The first kappa shape index (κ1) is 27.9. The molecule has 1 aliphatic heterocycles. The number of hydrogen-bond acceptors (Lipinski definition) is 5. The van der Waals surface area contributed by atoms with Crippen LogP contribution >= 0.6 is 11.6 Å². The Balaban J connectivity index is 1.87. The van der Waals surface area contributed by atoms with Crippen molar-refractivity contribution in [1.82, 2.24) is 14.7 Å². The summed E-state index contributed by atoms with van der Waals surface area (Å²) in [6.07, 6.45) is 6.06. The van der Waals surface area contributed by atoms with E-state index in [4.69, 9.17) is 21.4 Å². The molecule has 0 fully saturated rings. The summed E-state index contributed by atoms with van der Waals surface area (Å²) in [7, 11) is 0. The van der Waals surface area contributed by atoms with Gasteiger partial charge in [-0.15, -0.1) is 0 Å². The average molecular weight is 543 g/mol. The van der Waals surface area contributed by atoms with E-state index in [1.807, 2.05) is 61.7 Å². The van der Waals surface area contributed by atoms with Crippen molar-refractivity contribution >= 4 is 29.5 Å². The number of nitriles is 1. The summed E-state index contributed by atoms with van der Waals surface area (Å²) in [5, 5.41) is 15.1. The molecule has 0 radical (unpaired) electrons. The maximum absolute atomic E-state index is 13.6. The summed E-state index contributed by atoms with van der Waals surface area (Å²) in [5.41, 5.74) is 3.42. The molecule has 2 heterocycles. The fourth-order valence-corrected chi connectivity index (χ4v) is 4.59. The van der Waals surface area contributed by atoms with Crippen LogP contribution in [0.1, 0.15) is 52.5 Å². The molecule has 1 atom stereocenters. The smallest absolute Gasteiger partial charge is 0.271 e. The lowest BCUT2D eigenvalue weighted by molar-refractivity contribution is -0.142. The number of imide groups is 1. The number of amides is 2. The van der Waals surface area contributed by atoms with Crippen molar-refractivity contribution < 1.29 is 14.3 Å². The molecule has 7 nitrogen and oxygen atoms in total. The van der Waals surface area contributed by atoms with Gasteiger partial charge in [-0.3, -0.25) is 14.5 Å². The van der Waals surface area contributed by atoms with E-state index >= 15 is 0 Å². The molecule has 0 N–H and O–H groups in total. The summed E-state index contributed by atoms with van der Waals surface area (Å²) in [5.74, 6) is -0.391. The van der Waals surface area contributed by atoms with E-state index in [9.17, 15) is 14.9 Å². The van der Waals surface area contributed by atoms with E-state index in [1.165, 1.54) is 4.90 Å². The molecule has 2 amide bonds. The first-order valence-electron chi connectivity index (χ1n) is 13.1. The van der Waals surface area contributed by atoms with Gasteiger partial charge >= 0.3 is 0 Å². The van der Waals surface area contributed by atoms with Crippen LogP contribution in [0.4, 0.5) is 0 Å². The van der Waals surface area contributed by atoms with Gasteiger partial charge in [-0.25, -0.2) is 4.68 Å². The van der Waals surface area contributed by atoms with Gasteiger partial charge in [0.1, 0.15) is 23.1 Å². The minimum absolute atomic E-state index is 0.0326. The van der Waals surface area contributed by atoms with E-state index in [1.54, 1.807) is 30.7 Å². The Morgan fingerprint density at radius 1 is 1.13 bits per heavy atom. The normalized spacial score (nSPS) is 15.6. The van der Waals surface area contributed by atoms with Gasteiger partial charge in [0.05, 0.1) is 17.3 Å². The van der Waals surface area contributed by atoms with Crippen LogP contribution in [0.15, 0.2) is 71.4 Å². The number of para-hydroxylation sites is 1. The molecule has 1 aromatic heterocycles. The Labute approximate surface area is 233 Å². The second kappa shape index (κ2) is 12.1. The van der Waals surface area contributed by atoms with Crippen molar-refractivity contribution in [3.8, 4) is 28.8 Å². The van der Waals surface area contributed by atoms with Crippen molar-refractivity contribution in [3.63, 3.8) is 0 Å². The van der Waals surface area contributed by atoms with Crippen molar-refractivity contribution in [2.45, 2.75) is 53.0 Å². The molecule has 4 rings (SSSR count). The second-order valence-corrected chi connectivity index (χ2v) is 9.87. The zero-order valence-electron chi connectivity index (χ0n) is 22.6. The fraction of sp³-hybridized carbons (Fsp3) is 0.290. The topological polar surface area (TPSA) is 88.2 Å². The molecule has 0 saturated heterocycles. The van der Waals surface area contributed by atoms with Crippen LogP contribution < -0.4 is 4.74 Å². The van der Waals surface area contributed by atoms with Gasteiger partial charge < -0.3 is 4.74 Å². The highest BCUT2D eigenvalue weighted by atomic mass is 35.5. The Kier molecular flexibility index (Phi) is 8.68. The molecule has 1 aliphatic rings. The SMILES string of the molecule is CCCCOc1ccc(-c2nn(-c3ccccc3)cc2/C=C2/C(=O)N(C(C)CC)C(=O)C(C#N)=C2C)cc1Cl. The number of ether oxygens (including phenoxy) is 1. The summed E-state index contributed by atoms with van der Waals surface area (Å²) in [6, 6.07) is 16.8. The minimum Gasteiger partial charge on any atom is -0.492 e. The molecular weight excluding hydrogens is 512 g/mol. The third kappa shape index (κ3) is 5.67. The Morgan fingerprint density at radius 2 is 1.87 bits per heavy atom. The highest BCUT2D eigenvalue weighted by Crippen LogP contribution is 2.35. The lowest BCUT2D eigenvalue weighted by Crippen LogP contribution is -2.47. The van der Waals surface area contributed by atoms with Crippen molar-refractivity contribution in [2.75, 3.05) is 6.61 Å². The summed E-state index contributed by atoms with van der Waals surface area (Å²) >= 11 is 6.58. The van der Waals surface area contributed by atoms with Crippen LogP contribution in [0.3, 0.4) is 0 Å². The monoisotopic (exact) mass is 542 g/mol. The summed E-state index contributed by atoms with van der Waals surface area (Å²) in [4.78, 5) is 27.7. The molecular formula is C31H31ClN4O3. The summed E-state index contributed by atoms with van der Waals surface area (Å²) < 4.78 is 7.55. The summed E-state index contributed by atoms with van der Waals surface area (Å²) in [6.45, 7) is 8.00. The maximum atomic E-state index is 13.6. The average Bonchev–Trinajstić information content (AvgIpc) is 3.36. The molecule has 0 bridgehead atoms. The minimum atomic E-state index is -0.558. The number of aromatic nitrogens is 2. The van der Waals surface area contributed by atoms with Crippen LogP contribution in [0.25, 0.3) is 23.0 Å². The fourth-order valence-electron chi connectivity index (χ4n) is 4.36. The van der Waals surface area contributed by atoms with E-state index in [-0.39, 0.29) is 17.2 Å². The standard InChI is InChI=1S/C31H31ClN4O3/c1-5-7-15-39-28-14-13-22(17-27(28)32)29-23(19-35(34-29)24-11-9-8-10-12-24)16-25-21(4)26(18-33)31(38)36(30(25)37)20(3)6-2/h8-14,16-17,19-20H,5-7,15H2,1-4H3/b25-16+. The largest absolute Gasteiger partial charge is 0.492 e. The van der Waals surface area contributed by atoms with Crippen molar-refractivity contribution in [1.29, 1.82) is 5.26 Å². The zero-order chi connectivity index (χ0) is 28.1. The van der Waals surface area contributed by atoms with E-state index in [0.717, 1.165) is 24.1 Å². The molecule has 39 heavy (non-hydrogen) atoms. The number of benzene rings is 2. The molecule has 200 valence electrons. The van der Waals surface area contributed by atoms with Crippen LogP contribution in [-0.4, -0.2) is 39.1 Å². The number of halogens is 1. The quantitative estimate of drug-likeness (QED) is 0.169. The van der Waals surface area contributed by atoms with Gasteiger partial charge in [0.25, 0.3) is 11.8 Å². The third-order valence-electron chi connectivity index (χ3n) is 6.83. The molecule has 3 aromatic rings. The van der Waals surface area contributed by atoms with Gasteiger partial charge in [-0.2, -0.15) is 10.4 Å². The molecule has 0 saturated carbocycles. The van der Waals surface area contributed by atoms with Crippen LogP contribution in [0.5, 0.6) is 5.75 Å². The van der Waals surface area contributed by atoms with Crippen molar-refractivity contribution in [3.05, 3.63) is 82.0 Å². The number of carbonyl (C=O) groups excluding carboxylic acids is 2. The predicted molar refractivity (Wildman–Crippen MR) is 152 cm³/mol. The van der Waals surface area contributed by atoms with Crippen LogP contribution in [-0.2, 0) is 9.59 Å². The highest BCUT2D eigenvalue weighted by Gasteiger charge is 2.37. The first-order valence-corrected chi connectivity index (χ1v) is 13.5. The van der Waals surface area contributed by atoms with E-state index in [0.29, 0.717) is 40.6 Å². The Hall–Kier alpha value is -4.15. The lowest BCUT2D eigenvalue weighted by atomic mass is 9.92. The number of nitrogens with zero attached hydrogens (tertiary/aromatic N) is 4. The van der Waals surface area contributed by atoms with Gasteiger partial charge in [-0.05, 0) is 68.7 Å². The van der Waals surface area contributed by atoms with Crippen LogP contribution in [0, 0.1) is 11.3 Å². The molecule has 2 aromatic carbocycles. The molecule has 8 heteroatoms. The number of hydrogen-bond donors (Lipinski definition) is 0. The number of carbonyl (C=O) groups is 2. The maximum Gasteiger partial charge on any atom is 0.271 e. The van der Waals surface area contributed by atoms with Gasteiger partial charge in [0.15, 0.2) is 0 Å². The first-order chi connectivity index (χ1) is 18.8. The van der Waals surface area contributed by atoms with E-state index < -0.39 is 11.8 Å². The number of unbranched alkanes of at least 4 members (excludes halogenated alkanes) is 1. The Morgan fingerprint density at radius 3 is 2.51 bits per heavy atom. The second-order valence-electron chi connectivity index (χ2n) is 9.47. The van der Waals surface area contributed by atoms with Crippen molar-refractivity contribution in [2.24, 2.45) is 0 Å². The third-order valence-corrected chi connectivity index (χ3v) is 7.12. The van der Waals surface area contributed by atoms with Crippen LogP contribution in [0.2, 0.25) is 5.02 Å². The van der Waals surface area contributed by atoms with E-state index in [2.05, 4.69) is 6.92 Å². The lowest BCUT2D eigenvalue weighted by Gasteiger charge is -2.31. The van der Waals surface area contributed by atoms with Gasteiger partial charge in [0.2, 0.25) is 0 Å². The van der Waals surface area contributed by atoms with Gasteiger partial charge in [0, 0.05) is 28.9 Å². The zero-order valence-corrected chi connectivity index (χ0v) is 23.3. The predicted octanol–water partition coefficient (Wildman–Crippen LogP) is 6.76.